The highest BCUT2D eigenvalue weighted by Crippen LogP contribution is 2.31. The van der Waals surface area contributed by atoms with E-state index in [4.69, 9.17) is 4.74 Å². The van der Waals surface area contributed by atoms with Gasteiger partial charge in [-0.1, -0.05) is 24.3 Å². The summed E-state index contributed by atoms with van der Waals surface area (Å²) in [5, 5.41) is 4.78. The SMILES string of the molecule is COc1ccc(NC(C)=O)c2ccccc12. The molecule has 0 bridgehead atoms. The second kappa shape index (κ2) is 4.23. The molecule has 3 nitrogen and oxygen atoms in total. The van der Waals surface area contributed by atoms with E-state index in [1.54, 1.807) is 7.11 Å². The molecule has 0 aliphatic carbocycles. The number of ether oxygens (including phenoxy) is 1. The summed E-state index contributed by atoms with van der Waals surface area (Å²) in [5.41, 5.74) is 0.809. The van der Waals surface area contributed by atoms with Crippen molar-refractivity contribution < 1.29 is 9.53 Å². The Morgan fingerprint density at radius 1 is 1.12 bits per heavy atom. The molecular formula is C13H13NO2. The first-order valence-corrected chi connectivity index (χ1v) is 5.05. The van der Waals surface area contributed by atoms with Gasteiger partial charge in [0, 0.05) is 23.4 Å². The van der Waals surface area contributed by atoms with Gasteiger partial charge in [0.05, 0.1) is 7.11 Å². The maximum atomic E-state index is 11.1. The van der Waals surface area contributed by atoms with E-state index in [9.17, 15) is 4.79 Å². The van der Waals surface area contributed by atoms with Crippen LogP contribution in [0, 0.1) is 0 Å². The molecule has 0 saturated heterocycles. The van der Waals surface area contributed by atoms with Crippen molar-refractivity contribution in [2.75, 3.05) is 12.4 Å². The van der Waals surface area contributed by atoms with Crippen LogP contribution in [-0.2, 0) is 4.79 Å². The fourth-order valence-corrected chi connectivity index (χ4v) is 1.75. The third-order valence-electron chi connectivity index (χ3n) is 2.41. The molecule has 0 unspecified atom stereocenters. The van der Waals surface area contributed by atoms with Crippen LogP contribution in [0.5, 0.6) is 5.75 Å². The number of carbonyl (C=O) groups is 1. The highest BCUT2D eigenvalue weighted by atomic mass is 16.5. The minimum atomic E-state index is -0.0738. The number of benzene rings is 2. The van der Waals surface area contributed by atoms with Crippen molar-refractivity contribution in [2.45, 2.75) is 6.92 Å². The van der Waals surface area contributed by atoms with Crippen LogP contribution >= 0.6 is 0 Å². The van der Waals surface area contributed by atoms with Crippen LogP contribution in [0.4, 0.5) is 5.69 Å². The summed E-state index contributed by atoms with van der Waals surface area (Å²) in [6.07, 6.45) is 0. The van der Waals surface area contributed by atoms with Gasteiger partial charge in [0.1, 0.15) is 5.75 Å². The smallest absolute Gasteiger partial charge is 0.221 e. The van der Waals surface area contributed by atoms with E-state index in [1.807, 2.05) is 36.4 Å². The molecule has 3 heteroatoms. The third kappa shape index (κ3) is 1.84. The minimum absolute atomic E-state index is 0.0738. The lowest BCUT2D eigenvalue weighted by atomic mass is 10.1. The topological polar surface area (TPSA) is 38.3 Å². The number of amides is 1. The Labute approximate surface area is 94.0 Å². The molecule has 0 aliphatic rings. The van der Waals surface area contributed by atoms with E-state index in [0.29, 0.717) is 0 Å². The number of methoxy groups -OCH3 is 1. The molecule has 2 aromatic carbocycles. The van der Waals surface area contributed by atoms with Gasteiger partial charge >= 0.3 is 0 Å². The van der Waals surface area contributed by atoms with Crippen molar-refractivity contribution in [2.24, 2.45) is 0 Å². The minimum Gasteiger partial charge on any atom is -0.496 e. The third-order valence-corrected chi connectivity index (χ3v) is 2.41. The largest absolute Gasteiger partial charge is 0.496 e. The van der Waals surface area contributed by atoms with Crippen LogP contribution in [-0.4, -0.2) is 13.0 Å². The summed E-state index contributed by atoms with van der Waals surface area (Å²) in [6.45, 7) is 1.50. The quantitative estimate of drug-likeness (QED) is 0.836. The van der Waals surface area contributed by atoms with Crippen molar-refractivity contribution in [1.82, 2.24) is 0 Å². The zero-order valence-electron chi connectivity index (χ0n) is 9.28. The first-order chi connectivity index (χ1) is 7.72. The van der Waals surface area contributed by atoms with Crippen molar-refractivity contribution >= 4 is 22.4 Å². The lowest BCUT2D eigenvalue weighted by Gasteiger charge is -2.10. The van der Waals surface area contributed by atoms with Crippen LogP contribution in [0.25, 0.3) is 10.8 Å². The number of fused-ring (bicyclic) bond motifs is 1. The van der Waals surface area contributed by atoms with Gasteiger partial charge in [0.25, 0.3) is 0 Å². The molecule has 0 aromatic heterocycles. The first-order valence-electron chi connectivity index (χ1n) is 5.05. The van der Waals surface area contributed by atoms with Gasteiger partial charge in [-0.05, 0) is 12.1 Å². The number of rotatable bonds is 2. The molecule has 0 heterocycles. The van der Waals surface area contributed by atoms with Gasteiger partial charge in [0.15, 0.2) is 0 Å². The Balaban J connectivity index is 2.64. The van der Waals surface area contributed by atoms with Gasteiger partial charge in [-0.25, -0.2) is 0 Å². The van der Waals surface area contributed by atoms with Crippen LogP contribution in [0.15, 0.2) is 36.4 Å². The predicted molar refractivity (Wildman–Crippen MR) is 64.8 cm³/mol. The number of nitrogens with one attached hydrogen (secondary N) is 1. The molecule has 1 amide bonds. The maximum absolute atomic E-state index is 11.1. The van der Waals surface area contributed by atoms with Crippen molar-refractivity contribution in [3.63, 3.8) is 0 Å². The Bertz CT molecular complexity index is 534. The summed E-state index contributed by atoms with van der Waals surface area (Å²) in [4.78, 5) is 11.1. The fourth-order valence-electron chi connectivity index (χ4n) is 1.75. The number of hydrogen-bond acceptors (Lipinski definition) is 2. The average Bonchev–Trinajstić information content (AvgIpc) is 2.29. The highest BCUT2D eigenvalue weighted by molar-refractivity contribution is 6.03. The Kier molecular flexibility index (Phi) is 2.77. The van der Waals surface area contributed by atoms with Crippen LogP contribution in [0.3, 0.4) is 0 Å². The van der Waals surface area contributed by atoms with E-state index < -0.39 is 0 Å². The average molecular weight is 215 g/mol. The molecule has 0 fully saturated rings. The van der Waals surface area contributed by atoms with Crippen molar-refractivity contribution in [3.8, 4) is 5.75 Å². The Morgan fingerprint density at radius 3 is 2.44 bits per heavy atom. The lowest BCUT2D eigenvalue weighted by molar-refractivity contribution is -0.114. The molecule has 0 spiro atoms. The monoisotopic (exact) mass is 215 g/mol. The second-order valence-electron chi connectivity index (χ2n) is 3.54. The van der Waals surface area contributed by atoms with E-state index in [2.05, 4.69) is 5.32 Å². The maximum Gasteiger partial charge on any atom is 0.221 e. The van der Waals surface area contributed by atoms with E-state index in [1.165, 1.54) is 6.92 Å². The number of anilines is 1. The van der Waals surface area contributed by atoms with E-state index >= 15 is 0 Å². The van der Waals surface area contributed by atoms with Gasteiger partial charge in [-0.15, -0.1) is 0 Å². The summed E-state index contributed by atoms with van der Waals surface area (Å²) < 4.78 is 5.27. The number of carbonyl (C=O) groups excluding carboxylic acids is 1. The van der Waals surface area contributed by atoms with E-state index in [-0.39, 0.29) is 5.91 Å². The summed E-state index contributed by atoms with van der Waals surface area (Å²) in [7, 11) is 1.64. The molecule has 2 rings (SSSR count). The first kappa shape index (κ1) is 10.5. The van der Waals surface area contributed by atoms with Crippen molar-refractivity contribution in [1.29, 1.82) is 0 Å². The molecule has 1 N–H and O–H groups in total. The standard InChI is InChI=1S/C13H13NO2/c1-9(15)14-12-7-8-13(16-2)11-6-4-3-5-10(11)12/h3-8H,1-2H3,(H,14,15). The molecule has 16 heavy (non-hydrogen) atoms. The lowest BCUT2D eigenvalue weighted by Crippen LogP contribution is -2.06. The van der Waals surface area contributed by atoms with Gasteiger partial charge in [0.2, 0.25) is 5.91 Å². The summed E-state index contributed by atoms with van der Waals surface area (Å²) in [6, 6.07) is 11.5. The van der Waals surface area contributed by atoms with Gasteiger partial charge in [-0.3, -0.25) is 4.79 Å². The zero-order valence-corrected chi connectivity index (χ0v) is 9.28. The second-order valence-corrected chi connectivity index (χ2v) is 3.54. The number of hydrogen-bond donors (Lipinski definition) is 1. The van der Waals surface area contributed by atoms with Gasteiger partial charge in [-0.2, -0.15) is 0 Å². The summed E-state index contributed by atoms with van der Waals surface area (Å²) in [5.74, 6) is 0.736. The predicted octanol–water partition coefficient (Wildman–Crippen LogP) is 2.81. The van der Waals surface area contributed by atoms with Crippen LogP contribution in [0.2, 0.25) is 0 Å². The van der Waals surface area contributed by atoms with E-state index in [0.717, 1.165) is 22.2 Å². The normalized spacial score (nSPS) is 10.1. The molecular weight excluding hydrogens is 202 g/mol. The van der Waals surface area contributed by atoms with Crippen LogP contribution < -0.4 is 10.1 Å². The van der Waals surface area contributed by atoms with Gasteiger partial charge < -0.3 is 10.1 Å². The molecule has 0 saturated carbocycles. The molecule has 82 valence electrons. The molecule has 2 aromatic rings. The molecule has 0 radical (unpaired) electrons. The fraction of sp³-hybridized carbons (Fsp3) is 0.154. The molecule has 0 aliphatic heterocycles. The Morgan fingerprint density at radius 2 is 1.81 bits per heavy atom. The summed E-state index contributed by atoms with van der Waals surface area (Å²) >= 11 is 0. The zero-order chi connectivity index (χ0) is 11.5. The highest BCUT2D eigenvalue weighted by Gasteiger charge is 2.06. The molecule has 0 atom stereocenters. The van der Waals surface area contributed by atoms with Crippen molar-refractivity contribution in [3.05, 3.63) is 36.4 Å². The Hall–Kier alpha value is -2.03. The van der Waals surface area contributed by atoms with Crippen LogP contribution in [0.1, 0.15) is 6.92 Å².